The van der Waals surface area contributed by atoms with E-state index in [0.717, 1.165) is 0 Å². The number of fused-ring (bicyclic) bond motifs is 9. The minimum atomic E-state index is 1.36. The van der Waals surface area contributed by atoms with Crippen molar-refractivity contribution in [1.29, 1.82) is 0 Å². The lowest BCUT2D eigenvalue weighted by atomic mass is 10.0. The highest BCUT2D eigenvalue weighted by molar-refractivity contribution is 7.27. The summed E-state index contributed by atoms with van der Waals surface area (Å²) in [5, 5.41) is 0. The van der Waals surface area contributed by atoms with E-state index in [1.54, 1.807) is 0 Å². The third-order valence-electron chi connectivity index (χ3n) is 4.61. The molecule has 0 unspecified atom stereocenters. The van der Waals surface area contributed by atoms with Gasteiger partial charge in [0.2, 0.25) is 0 Å². The first kappa shape index (κ1) is 11.4. The van der Waals surface area contributed by atoms with Crippen molar-refractivity contribution in [3.8, 4) is 22.3 Å². The standard InChI is InChI=1S/C20H10S2/c1-3-7-13-11(5-1)9-15-17(13)19-20(21-15)18-14-8-4-2-6-12(14)10-16(18)22-19/h1-10H. The zero-order valence-electron chi connectivity index (χ0n) is 11.6. The minimum absolute atomic E-state index is 1.36. The van der Waals surface area contributed by atoms with E-state index in [1.807, 2.05) is 22.7 Å². The smallest absolute Gasteiger partial charge is 0.0548 e. The summed E-state index contributed by atoms with van der Waals surface area (Å²) in [4.78, 5) is 0. The second kappa shape index (κ2) is 3.78. The fourth-order valence-corrected chi connectivity index (χ4v) is 6.52. The van der Waals surface area contributed by atoms with Crippen LogP contribution in [0.4, 0.5) is 0 Å². The van der Waals surface area contributed by atoms with Gasteiger partial charge in [-0.3, -0.25) is 0 Å². The number of benzene rings is 2. The molecule has 0 saturated heterocycles. The summed E-state index contributed by atoms with van der Waals surface area (Å²) in [6.07, 6.45) is 4.69. The Kier molecular flexibility index (Phi) is 1.96. The van der Waals surface area contributed by atoms with Crippen LogP contribution in [0.15, 0.2) is 48.5 Å². The van der Waals surface area contributed by atoms with E-state index in [1.165, 1.54) is 51.8 Å². The van der Waals surface area contributed by atoms with Crippen LogP contribution >= 0.6 is 22.7 Å². The summed E-state index contributed by atoms with van der Waals surface area (Å²) in [5.41, 5.74) is 8.45. The van der Waals surface area contributed by atoms with Crippen molar-refractivity contribution in [2.45, 2.75) is 0 Å². The van der Waals surface area contributed by atoms with Crippen LogP contribution < -0.4 is 9.06 Å². The number of hydrogen-bond donors (Lipinski definition) is 0. The van der Waals surface area contributed by atoms with Crippen molar-refractivity contribution in [2.24, 2.45) is 0 Å². The molecule has 6 rings (SSSR count). The fourth-order valence-electron chi connectivity index (χ4n) is 3.66. The van der Waals surface area contributed by atoms with Gasteiger partial charge in [0, 0.05) is 20.2 Å². The van der Waals surface area contributed by atoms with Crippen molar-refractivity contribution < 1.29 is 0 Å². The molecular weight excluding hydrogens is 304 g/mol. The summed E-state index contributed by atoms with van der Waals surface area (Å²) >= 11 is 3.91. The third kappa shape index (κ3) is 1.24. The van der Waals surface area contributed by atoms with Crippen LogP contribution in [0.1, 0.15) is 11.1 Å². The Bertz CT molecular complexity index is 1120. The van der Waals surface area contributed by atoms with Gasteiger partial charge in [-0.2, -0.15) is 0 Å². The van der Waals surface area contributed by atoms with Crippen LogP contribution in [-0.4, -0.2) is 0 Å². The first-order valence-corrected chi connectivity index (χ1v) is 9.01. The van der Waals surface area contributed by atoms with Crippen molar-refractivity contribution in [1.82, 2.24) is 0 Å². The predicted octanol–water partition coefficient (Wildman–Crippen LogP) is 4.58. The van der Waals surface area contributed by atoms with Gasteiger partial charge >= 0.3 is 0 Å². The molecule has 0 bridgehead atoms. The topological polar surface area (TPSA) is 0 Å². The van der Waals surface area contributed by atoms with Crippen molar-refractivity contribution in [2.75, 3.05) is 0 Å². The molecule has 0 amide bonds. The normalized spacial score (nSPS) is 13.3. The highest BCUT2D eigenvalue weighted by atomic mass is 32.1. The Labute approximate surface area is 135 Å². The van der Waals surface area contributed by atoms with Crippen LogP contribution in [0.5, 0.6) is 0 Å². The van der Waals surface area contributed by atoms with Gasteiger partial charge in [0.15, 0.2) is 0 Å². The van der Waals surface area contributed by atoms with Crippen LogP contribution in [0.3, 0.4) is 0 Å². The monoisotopic (exact) mass is 314 g/mol. The minimum Gasteiger partial charge on any atom is -0.134 e. The molecule has 4 aromatic rings. The highest BCUT2D eigenvalue weighted by Crippen LogP contribution is 2.44. The van der Waals surface area contributed by atoms with E-state index >= 15 is 0 Å². The lowest BCUT2D eigenvalue weighted by Gasteiger charge is -1.99. The quantitative estimate of drug-likeness (QED) is 0.385. The van der Waals surface area contributed by atoms with E-state index < -0.39 is 0 Å². The lowest BCUT2D eigenvalue weighted by molar-refractivity contribution is 1.68. The van der Waals surface area contributed by atoms with Gasteiger partial charge < -0.3 is 0 Å². The average molecular weight is 314 g/mol. The molecule has 102 valence electrons. The van der Waals surface area contributed by atoms with Gasteiger partial charge in [-0.05, 0) is 34.4 Å². The SMILES string of the molecule is C1=c2sc3c4c(sc3c2-c2ccccc21)=Cc1ccccc1-4. The Balaban J connectivity index is 1.77. The molecule has 2 aromatic heterocycles. The van der Waals surface area contributed by atoms with E-state index in [2.05, 4.69) is 60.7 Å². The molecule has 2 aliphatic carbocycles. The number of rotatable bonds is 0. The third-order valence-corrected chi connectivity index (χ3v) is 7.05. The molecular formula is C20H10S2. The molecule has 0 fully saturated rings. The van der Waals surface area contributed by atoms with Crippen molar-refractivity contribution in [3.05, 3.63) is 68.7 Å². The molecule has 2 aliphatic rings. The van der Waals surface area contributed by atoms with Gasteiger partial charge in [-0.25, -0.2) is 0 Å². The number of hydrogen-bond acceptors (Lipinski definition) is 2. The van der Waals surface area contributed by atoms with Gasteiger partial charge in [0.1, 0.15) is 0 Å². The Morgan fingerprint density at radius 1 is 0.545 bits per heavy atom. The summed E-state index contributed by atoms with van der Waals surface area (Å²) in [6, 6.07) is 17.5. The van der Waals surface area contributed by atoms with Crippen molar-refractivity contribution >= 4 is 44.2 Å². The largest absolute Gasteiger partial charge is 0.134 e. The Hall–Kier alpha value is -2.16. The lowest BCUT2D eigenvalue weighted by Crippen LogP contribution is -1.91. The van der Waals surface area contributed by atoms with Crippen LogP contribution in [0, 0.1) is 0 Å². The van der Waals surface area contributed by atoms with Gasteiger partial charge in [0.05, 0.1) is 9.40 Å². The number of thiophene rings is 2. The molecule has 0 aliphatic heterocycles. The zero-order chi connectivity index (χ0) is 14.3. The van der Waals surface area contributed by atoms with Crippen LogP contribution in [0.2, 0.25) is 0 Å². The van der Waals surface area contributed by atoms with Gasteiger partial charge in [-0.15, -0.1) is 22.7 Å². The molecule has 22 heavy (non-hydrogen) atoms. The Morgan fingerprint density at radius 3 is 1.50 bits per heavy atom. The molecule has 2 heterocycles. The molecule has 2 aromatic carbocycles. The second-order valence-electron chi connectivity index (χ2n) is 5.80. The first-order valence-electron chi connectivity index (χ1n) is 7.38. The molecule has 0 radical (unpaired) electrons. The fraction of sp³-hybridized carbons (Fsp3) is 0. The van der Waals surface area contributed by atoms with E-state index in [0.29, 0.717) is 0 Å². The zero-order valence-corrected chi connectivity index (χ0v) is 13.2. The molecule has 0 spiro atoms. The molecule has 0 nitrogen and oxygen atoms in total. The van der Waals surface area contributed by atoms with E-state index in [9.17, 15) is 0 Å². The first-order chi connectivity index (χ1) is 10.9. The summed E-state index contributed by atoms with van der Waals surface area (Å²) in [7, 11) is 0. The maximum Gasteiger partial charge on any atom is 0.0548 e. The van der Waals surface area contributed by atoms with Crippen LogP contribution in [-0.2, 0) is 0 Å². The average Bonchev–Trinajstić information content (AvgIpc) is 3.22. The Morgan fingerprint density at radius 2 is 1.00 bits per heavy atom. The highest BCUT2D eigenvalue weighted by Gasteiger charge is 2.24. The van der Waals surface area contributed by atoms with Crippen molar-refractivity contribution in [3.63, 3.8) is 0 Å². The van der Waals surface area contributed by atoms with Crippen LogP contribution in [0.25, 0.3) is 43.8 Å². The maximum atomic E-state index is 2.35. The molecule has 2 heteroatoms. The second-order valence-corrected chi connectivity index (χ2v) is 7.91. The predicted molar refractivity (Wildman–Crippen MR) is 97.0 cm³/mol. The summed E-state index contributed by atoms with van der Waals surface area (Å²) in [6.45, 7) is 0. The summed E-state index contributed by atoms with van der Waals surface area (Å²) < 4.78 is 5.79. The van der Waals surface area contributed by atoms with Gasteiger partial charge in [-0.1, -0.05) is 48.5 Å². The van der Waals surface area contributed by atoms with Gasteiger partial charge in [0.25, 0.3) is 0 Å². The maximum absolute atomic E-state index is 2.35. The van der Waals surface area contributed by atoms with E-state index in [-0.39, 0.29) is 0 Å². The summed E-state index contributed by atoms with van der Waals surface area (Å²) in [5.74, 6) is 0. The molecule has 0 N–H and O–H groups in total. The molecule has 0 saturated carbocycles. The van der Waals surface area contributed by atoms with E-state index in [4.69, 9.17) is 0 Å². The molecule has 0 atom stereocenters.